The van der Waals surface area contributed by atoms with Crippen LogP contribution in [0.15, 0.2) is 18.2 Å². The topological polar surface area (TPSA) is 58.2 Å². The van der Waals surface area contributed by atoms with Gasteiger partial charge in [-0.3, -0.25) is 9.59 Å². The smallest absolute Gasteiger partial charge is 0.243 e. The van der Waals surface area contributed by atoms with Crippen LogP contribution >= 0.6 is 23.2 Å². The van der Waals surface area contributed by atoms with Crippen molar-refractivity contribution in [1.82, 2.24) is 5.32 Å². The highest BCUT2D eigenvalue weighted by Gasteiger charge is 2.06. The number of amides is 2. The van der Waals surface area contributed by atoms with E-state index in [9.17, 15) is 9.59 Å². The number of hydrogen-bond acceptors (Lipinski definition) is 2. The van der Waals surface area contributed by atoms with E-state index < -0.39 is 0 Å². The summed E-state index contributed by atoms with van der Waals surface area (Å²) >= 11 is 11.6. The van der Waals surface area contributed by atoms with Crippen molar-refractivity contribution in [1.29, 1.82) is 0 Å². The summed E-state index contributed by atoms with van der Waals surface area (Å²) in [7, 11) is 0. The van der Waals surface area contributed by atoms with Gasteiger partial charge in [-0.2, -0.15) is 0 Å². The molecular weight excluding hydrogens is 287 g/mol. The van der Waals surface area contributed by atoms with Crippen molar-refractivity contribution in [2.75, 3.05) is 11.9 Å². The van der Waals surface area contributed by atoms with Crippen molar-refractivity contribution in [3.05, 3.63) is 28.2 Å². The Balaban J connectivity index is 2.40. The number of carbonyl (C=O) groups is 2. The third kappa shape index (κ3) is 6.45. The maximum Gasteiger partial charge on any atom is 0.243 e. The molecule has 0 aliphatic rings. The first-order chi connectivity index (χ1) is 9.01. The molecule has 0 fully saturated rings. The van der Waals surface area contributed by atoms with E-state index in [-0.39, 0.29) is 18.4 Å². The lowest BCUT2D eigenvalue weighted by Crippen LogP contribution is -2.32. The normalized spacial score (nSPS) is 10.1. The van der Waals surface area contributed by atoms with Crippen molar-refractivity contribution >= 4 is 40.7 Å². The van der Waals surface area contributed by atoms with Crippen molar-refractivity contribution in [3.8, 4) is 0 Å². The van der Waals surface area contributed by atoms with Crippen molar-refractivity contribution in [2.24, 2.45) is 0 Å². The van der Waals surface area contributed by atoms with Crippen LogP contribution in [-0.4, -0.2) is 18.4 Å². The van der Waals surface area contributed by atoms with Gasteiger partial charge in [-0.15, -0.1) is 0 Å². The highest BCUT2D eigenvalue weighted by atomic mass is 35.5. The molecule has 0 aliphatic heterocycles. The van der Waals surface area contributed by atoms with Crippen molar-refractivity contribution < 1.29 is 9.59 Å². The first-order valence-electron chi connectivity index (χ1n) is 6.04. The van der Waals surface area contributed by atoms with E-state index in [1.807, 2.05) is 6.92 Å². The average molecular weight is 303 g/mol. The number of carbonyl (C=O) groups excluding carboxylic acids is 2. The van der Waals surface area contributed by atoms with Gasteiger partial charge >= 0.3 is 0 Å². The number of nitrogens with one attached hydrogen (secondary N) is 2. The van der Waals surface area contributed by atoms with Crippen LogP contribution in [0.4, 0.5) is 5.69 Å². The Kier molecular flexibility index (Phi) is 6.67. The molecule has 0 bridgehead atoms. The zero-order valence-corrected chi connectivity index (χ0v) is 12.1. The van der Waals surface area contributed by atoms with Gasteiger partial charge in [0.05, 0.1) is 6.54 Å². The predicted octanol–water partition coefficient (Wildman–Crippen LogP) is 3.24. The molecular formula is C13H16Cl2N2O2. The van der Waals surface area contributed by atoms with Crippen LogP contribution < -0.4 is 10.6 Å². The van der Waals surface area contributed by atoms with Gasteiger partial charge in [0.1, 0.15) is 0 Å². The van der Waals surface area contributed by atoms with Crippen LogP contribution in [0.2, 0.25) is 10.0 Å². The molecule has 0 saturated carbocycles. The van der Waals surface area contributed by atoms with E-state index >= 15 is 0 Å². The molecule has 19 heavy (non-hydrogen) atoms. The van der Waals surface area contributed by atoms with Gasteiger partial charge in [-0.25, -0.2) is 0 Å². The lowest BCUT2D eigenvalue weighted by molar-refractivity contribution is -0.124. The Bertz CT molecular complexity index is 444. The van der Waals surface area contributed by atoms with Gasteiger partial charge in [-0.1, -0.05) is 36.5 Å². The fraction of sp³-hybridized carbons (Fsp3) is 0.385. The summed E-state index contributed by atoms with van der Waals surface area (Å²) in [6, 6.07) is 4.75. The van der Waals surface area contributed by atoms with Gasteiger partial charge in [0, 0.05) is 22.2 Å². The minimum Gasteiger partial charge on any atom is -0.347 e. The number of rotatable bonds is 6. The SMILES string of the molecule is CCCCC(=O)NCC(=O)Nc1cc(Cl)cc(Cl)c1. The van der Waals surface area contributed by atoms with E-state index in [1.165, 1.54) is 0 Å². The first-order valence-corrected chi connectivity index (χ1v) is 6.79. The van der Waals surface area contributed by atoms with Gasteiger partial charge in [0.2, 0.25) is 11.8 Å². The number of hydrogen-bond donors (Lipinski definition) is 2. The first kappa shape index (κ1) is 15.8. The van der Waals surface area contributed by atoms with Crippen molar-refractivity contribution in [2.45, 2.75) is 26.2 Å². The molecule has 6 heteroatoms. The molecule has 4 nitrogen and oxygen atoms in total. The molecule has 0 aliphatic carbocycles. The van der Waals surface area contributed by atoms with Gasteiger partial charge in [0.15, 0.2) is 0 Å². The molecule has 2 N–H and O–H groups in total. The second-order valence-corrected chi connectivity index (χ2v) is 4.96. The zero-order valence-electron chi connectivity index (χ0n) is 10.6. The lowest BCUT2D eigenvalue weighted by atomic mass is 10.2. The number of benzene rings is 1. The average Bonchev–Trinajstić information content (AvgIpc) is 2.32. The molecule has 0 unspecified atom stereocenters. The van der Waals surface area contributed by atoms with Crippen LogP contribution in [-0.2, 0) is 9.59 Å². The van der Waals surface area contributed by atoms with E-state index in [0.717, 1.165) is 12.8 Å². The molecule has 104 valence electrons. The number of halogens is 2. The van der Waals surface area contributed by atoms with E-state index in [0.29, 0.717) is 22.2 Å². The van der Waals surface area contributed by atoms with Crippen molar-refractivity contribution in [3.63, 3.8) is 0 Å². The Morgan fingerprint density at radius 3 is 2.32 bits per heavy atom. The molecule has 1 aromatic rings. The molecule has 0 saturated heterocycles. The predicted molar refractivity (Wildman–Crippen MR) is 77.6 cm³/mol. The van der Waals surface area contributed by atoms with Gasteiger partial charge in [0.25, 0.3) is 0 Å². The van der Waals surface area contributed by atoms with E-state index in [1.54, 1.807) is 18.2 Å². The summed E-state index contributed by atoms with van der Waals surface area (Å²) in [6.45, 7) is 1.94. The van der Waals surface area contributed by atoms with Crippen LogP contribution in [0.3, 0.4) is 0 Å². The summed E-state index contributed by atoms with van der Waals surface area (Å²) in [5.41, 5.74) is 0.505. The fourth-order valence-electron chi connectivity index (χ4n) is 1.44. The number of anilines is 1. The second-order valence-electron chi connectivity index (χ2n) is 4.09. The van der Waals surface area contributed by atoms with Crippen LogP contribution in [0.1, 0.15) is 26.2 Å². The monoisotopic (exact) mass is 302 g/mol. The molecule has 0 aromatic heterocycles. The molecule has 1 aromatic carbocycles. The molecule has 2 amide bonds. The van der Waals surface area contributed by atoms with E-state index in [2.05, 4.69) is 10.6 Å². The minimum atomic E-state index is -0.316. The van der Waals surface area contributed by atoms with Gasteiger partial charge in [-0.05, 0) is 24.6 Å². The maximum absolute atomic E-state index is 11.6. The largest absolute Gasteiger partial charge is 0.347 e. The van der Waals surface area contributed by atoms with Gasteiger partial charge < -0.3 is 10.6 Å². The maximum atomic E-state index is 11.6. The Morgan fingerprint density at radius 2 is 1.74 bits per heavy atom. The zero-order chi connectivity index (χ0) is 14.3. The summed E-state index contributed by atoms with van der Waals surface area (Å²) in [5.74, 6) is -0.440. The summed E-state index contributed by atoms with van der Waals surface area (Å²) < 4.78 is 0. The fourth-order valence-corrected chi connectivity index (χ4v) is 1.96. The van der Waals surface area contributed by atoms with Crippen LogP contribution in [0.5, 0.6) is 0 Å². The third-order valence-electron chi connectivity index (χ3n) is 2.35. The number of unbranched alkanes of at least 4 members (excludes halogenated alkanes) is 1. The van der Waals surface area contributed by atoms with E-state index in [4.69, 9.17) is 23.2 Å². The highest BCUT2D eigenvalue weighted by molar-refractivity contribution is 6.35. The highest BCUT2D eigenvalue weighted by Crippen LogP contribution is 2.22. The summed E-state index contributed by atoms with van der Waals surface area (Å²) in [4.78, 5) is 22.9. The standard InChI is InChI=1S/C13H16Cl2N2O2/c1-2-3-4-12(18)16-8-13(19)17-11-6-9(14)5-10(15)7-11/h5-7H,2-4,8H2,1H3,(H,16,18)(H,17,19). The van der Waals surface area contributed by atoms with Crippen LogP contribution in [0.25, 0.3) is 0 Å². The molecule has 0 atom stereocenters. The molecule has 0 radical (unpaired) electrons. The second kappa shape index (κ2) is 8.02. The molecule has 0 heterocycles. The van der Waals surface area contributed by atoms with Crippen LogP contribution in [0, 0.1) is 0 Å². The molecule has 0 spiro atoms. The lowest BCUT2D eigenvalue weighted by Gasteiger charge is -2.07. The summed E-state index contributed by atoms with van der Waals surface area (Å²) in [5, 5.41) is 6.04. The third-order valence-corrected chi connectivity index (χ3v) is 2.79. The Morgan fingerprint density at radius 1 is 1.11 bits per heavy atom. The quantitative estimate of drug-likeness (QED) is 0.847. The Hall–Kier alpha value is -1.26. The molecule has 1 rings (SSSR count). The summed E-state index contributed by atoms with van der Waals surface area (Å²) in [6.07, 6.45) is 2.20. The minimum absolute atomic E-state index is 0.0628. The Labute approximate surface area is 122 Å².